The van der Waals surface area contributed by atoms with E-state index in [9.17, 15) is 22.8 Å². The number of carbonyl (C=O) groups is 2. The molecule has 1 aromatic carbocycles. The molecular weight excluding hydrogens is 301 g/mol. The lowest BCUT2D eigenvalue weighted by atomic mass is 10.3. The largest absolute Gasteiger partial charge is 0.495 e. The van der Waals surface area contributed by atoms with Gasteiger partial charge in [-0.3, -0.25) is 9.59 Å². The van der Waals surface area contributed by atoms with E-state index in [0.717, 1.165) is 0 Å². The standard InChI is InChI=1S/C11H10ClF3N2O3/c1-20-8-3-2-6(12)4-7(8)17-9(18)5-16-10(19)11(13,14)15/h2-4H,5H2,1H3,(H,16,19)(H,17,18). The van der Waals surface area contributed by atoms with Crippen LogP contribution in [0.4, 0.5) is 18.9 Å². The Labute approximate surface area is 117 Å². The molecule has 1 rings (SSSR count). The SMILES string of the molecule is COc1ccc(Cl)cc1NC(=O)CNC(=O)C(F)(F)F. The van der Waals surface area contributed by atoms with Gasteiger partial charge in [0.25, 0.3) is 0 Å². The zero-order valence-corrected chi connectivity index (χ0v) is 10.9. The smallest absolute Gasteiger partial charge is 0.471 e. The number of methoxy groups -OCH3 is 1. The maximum Gasteiger partial charge on any atom is 0.471 e. The molecule has 0 heterocycles. The van der Waals surface area contributed by atoms with Crippen LogP contribution >= 0.6 is 11.6 Å². The molecule has 0 spiro atoms. The van der Waals surface area contributed by atoms with Crippen LogP contribution in [0.2, 0.25) is 5.02 Å². The lowest BCUT2D eigenvalue weighted by molar-refractivity contribution is -0.173. The molecule has 0 aliphatic heterocycles. The van der Waals surface area contributed by atoms with E-state index >= 15 is 0 Å². The van der Waals surface area contributed by atoms with Crippen LogP contribution < -0.4 is 15.4 Å². The molecule has 20 heavy (non-hydrogen) atoms. The minimum atomic E-state index is -5.03. The van der Waals surface area contributed by atoms with Crippen molar-refractivity contribution in [1.29, 1.82) is 0 Å². The molecule has 0 unspecified atom stereocenters. The molecule has 0 atom stereocenters. The molecule has 0 aliphatic carbocycles. The van der Waals surface area contributed by atoms with Gasteiger partial charge in [-0.15, -0.1) is 0 Å². The molecule has 9 heteroatoms. The van der Waals surface area contributed by atoms with Gasteiger partial charge in [-0.2, -0.15) is 13.2 Å². The van der Waals surface area contributed by atoms with Crippen molar-refractivity contribution in [3.05, 3.63) is 23.2 Å². The molecular formula is C11H10ClF3N2O3. The first kappa shape index (κ1) is 16.1. The summed E-state index contributed by atoms with van der Waals surface area (Å²) in [5, 5.41) is 4.03. The third-order valence-electron chi connectivity index (χ3n) is 2.10. The van der Waals surface area contributed by atoms with Crippen molar-refractivity contribution in [1.82, 2.24) is 5.32 Å². The van der Waals surface area contributed by atoms with Crippen molar-refractivity contribution >= 4 is 29.1 Å². The minimum Gasteiger partial charge on any atom is -0.495 e. The summed E-state index contributed by atoms with van der Waals surface area (Å²) in [6.45, 7) is -0.825. The molecule has 0 bridgehead atoms. The number of ether oxygens (including phenoxy) is 1. The lowest BCUT2D eigenvalue weighted by Crippen LogP contribution is -2.41. The molecule has 0 saturated carbocycles. The molecule has 1 aromatic rings. The summed E-state index contributed by atoms with van der Waals surface area (Å²) in [5.41, 5.74) is 0.186. The first-order chi connectivity index (χ1) is 9.24. The Morgan fingerprint density at radius 1 is 1.35 bits per heavy atom. The van der Waals surface area contributed by atoms with E-state index in [1.807, 2.05) is 0 Å². The number of carbonyl (C=O) groups excluding carboxylic acids is 2. The fraction of sp³-hybridized carbons (Fsp3) is 0.273. The van der Waals surface area contributed by atoms with Crippen molar-refractivity contribution < 1.29 is 27.5 Å². The van der Waals surface area contributed by atoms with Crippen LogP contribution in [0.3, 0.4) is 0 Å². The number of hydrogen-bond donors (Lipinski definition) is 2. The average Bonchev–Trinajstić information content (AvgIpc) is 2.35. The molecule has 0 aliphatic rings. The summed E-state index contributed by atoms with van der Waals surface area (Å²) < 4.78 is 40.7. The number of benzene rings is 1. The maximum absolute atomic E-state index is 11.9. The molecule has 5 nitrogen and oxygen atoms in total. The summed E-state index contributed by atoms with van der Waals surface area (Å²) in [6.07, 6.45) is -5.03. The molecule has 2 amide bonds. The van der Waals surface area contributed by atoms with Gasteiger partial charge in [0.05, 0.1) is 19.3 Å². The third kappa shape index (κ3) is 4.61. The average molecular weight is 311 g/mol. The Morgan fingerprint density at radius 2 is 2.00 bits per heavy atom. The first-order valence-electron chi connectivity index (χ1n) is 5.22. The quantitative estimate of drug-likeness (QED) is 0.893. The van der Waals surface area contributed by atoms with Crippen LogP contribution in [-0.2, 0) is 9.59 Å². The number of nitrogens with one attached hydrogen (secondary N) is 2. The topological polar surface area (TPSA) is 67.4 Å². The van der Waals surface area contributed by atoms with Gasteiger partial charge in [0.2, 0.25) is 5.91 Å². The van der Waals surface area contributed by atoms with Gasteiger partial charge in [-0.1, -0.05) is 11.6 Å². The number of hydrogen-bond acceptors (Lipinski definition) is 3. The Morgan fingerprint density at radius 3 is 2.55 bits per heavy atom. The summed E-state index contributed by atoms with van der Waals surface area (Å²) in [7, 11) is 1.35. The Kier molecular flexibility index (Phi) is 5.20. The lowest BCUT2D eigenvalue weighted by Gasteiger charge is -2.11. The predicted molar refractivity (Wildman–Crippen MR) is 65.7 cm³/mol. The highest BCUT2D eigenvalue weighted by molar-refractivity contribution is 6.31. The molecule has 0 fully saturated rings. The van der Waals surface area contributed by atoms with Gasteiger partial charge < -0.3 is 15.4 Å². The fourth-order valence-electron chi connectivity index (χ4n) is 1.23. The van der Waals surface area contributed by atoms with Crippen molar-refractivity contribution in [2.24, 2.45) is 0 Å². The fourth-order valence-corrected chi connectivity index (χ4v) is 1.41. The normalized spacial score (nSPS) is 10.8. The molecule has 0 saturated heterocycles. The van der Waals surface area contributed by atoms with Gasteiger partial charge in [-0.25, -0.2) is 0 Å². The predicted octanol–water partition coefficient (Wildman–Crippen LogP) is 1.97. The number of anilines is 1. The van der Waals surface area contributed by atoms with E-state index in [1.54, 1.807) is 0 Å². The van der Waals surface area contributed by atoms with Crippen LogP contribution in [0.15, 0.2) is 18.2 Å². The van der Waals surface area contributed by atoms with E-state index in [-0.39, 0.29) is 11.4 Å². The van der Waals surface area contributed by atoms with Crippen molar-refractivity contribution in [2.75, 3.05) is 19.0 Å². The number of alkyl halides is 3. The Hall–Kier alpha value is -1.96. The molecule has 110 valence electrons. The maximum atomic E-state index is 11.9. The van der Waals surface area contributed by atoms with Gasteiger partial charge in [0.15, 0.2) is 0 Å². The summed E-state index contributed by atoms with van der Waals surface area (Å²) in [4.78, 5) is 22.0. The number of rotatable bonds is 4. The third-order valence-corrected chi connectivity index (χ3v) is 2.34. The van der Waals surface area contributed by atoms with Crippen LogP contribution in [0.25, 0.3) is 0 Å². The zero-order valence-electron chi connectivity index (χ0n) is 10.2. The highest BCUT2D eigenvalue weighted by Gasteiger charge is 2.38. The number of halogens is 4. The van der Waals surface area contributed by atoms with Gasteiger partial charge in [-0.05, 0) is 18.2 Å². The monoisotopic (exact) mass is 310 g/mol. The van der Waals surface area contributed by atoms with Crippen LogP contribution in [0, 0.1) is 0 Å². The highest BCUT2D eigenvalue weighted by atomic mass is 35.5. The van der Waals surface area contributed by atoms with Crippen molar-refractivity contribution in [2.45, 2.75) is 6.18 Å². The van der Waals surface area contributed by atoms with E-state index in [2.05, 4.69) is 5.32 Å². The Balaban J connectivity index is 2.63. The first-order valence-corrected chi connectivity index (χ1v) is 5.60. The molecule has 2 N–H and O–H groups in total. The van der Waals surface area contributed by atoms with Gasteiger partial charge >= 0.3 is 12.1 Å². The number of amides is 2. The highest BCUT2D eigenvalue weighted by Crippen LogP contribution is 2.27. The van der Waals surface area contributed by atoms with Crippen LogP contribution in [0.5, 0.6) is 5.75 Å². The van der Waals surface area contributed by atoms with Gasteiger partial charge in [0.1, 0.15) is 5.75 Å². The van der Waals surface area contributed by atoms with Gasteiger partial charge in [0, 0.05) is 5.02 Å². The second kappa shape index (κ2) is 6.47. The van der Waals surface area contributed by atoms with E-state index in [4.69, 9.17) is 16.3 Å². The molecule has 0 aromatic heterocycles. The van der Waals surface area contributed by atoms with E-state index < -0.39 is 24.5 Å². The second-order valence-corrected chi connectivity index (χ2v) is 4.01. The van der Waals surface area contributed by atoms with E-state index in [0.29, 0.717) is 5.02 Å². The van der Waals surface area contributed by atoms with Crippen LogP contribution in [-0.4, -0.2) is 31.6 Å². The van der Waals surface area contributed by atoms with Crippen molar-refractivity contribution in [3.63, 3.8) is 0 Å². The molecule has 0 radical (unpaired) electrons. The summed E-state index contributed by atoms with van der Waals surface area (Å²) in [5.74, 6) is -2.75. The van der Waals surface area contributed by atoms with Crippen molar-refractivity contribution in [3.8, 4) is 5.75 Å². The minimum absolute atomic E-state index is 0.186. The second-order valence-electron chi connectivity index (χ2n) is 3.57. The zero-order chi connectivity index (χ0) is 15.3. The Bertz CT molecular complexity index is 520. The summed E-state index contributed by atoms with van der Waals surface area (Å²) >= 11 is 5.72. The summed E-state index contributed by atoms with van der Waals surface area (Å²) in [6, 6.07) is 4.36. The van der Waals surface area contributed by atoms with Crippen LogP contribution in [0.1, 0.15) is 0 Å². The van der Waals surface area contributed by atoms with E-state index in [1.165, 1.54) is 30.6 Å².